The number of sulfonamides is 1. The van der Waals surface area contributed by atoms with Crippen molar-refractivity contribution in [2.24, 2.45) is 0 Å². The molecule has 0 N–H and O–H groups in total. The number of anilines is 1. The van der Waals surface area contributed by atoms with Crippen LogP contribution >= 0.6 is 11.3 Å². The number of hydrogen-bond donors (Lipinski definition) is 0. The van der Waals surface area contributed by atoms with Crippen LogP contribution in [-0.4, -0.2) is 67.3 Å². The zero-order chi connectivity index (χ0) is 23.2. The Bertz CT molecular complexity index is 1290. The molecule has 2 fully saturated rings. The maximum atomic E-state index is 13.5. The van der Waals surface area contributed by atoms with E-state index in [1.807, 2.05) is 0 Å². The van der Waals surface area contributed by atoms with Crippen molar-refractivity contribution in [2.75, 3.05) is 37.6 Å². The highest BCUT2D eigenvalue weighted by molar-refractivity contribution is 7.89. The summed E-state index contributed by atoms with van der Waals surface area (Å²) in [5.74, 6) is -1.02. The molecule has 0 aliphatic carbocycles. The minimum absolute atomic E-state index is 0.0132. The van der Waals surface area contributed by atoms with E-state index in [-0.39, 0.29) is 23.2 Å². The summed E-state index contributed by atoms with van der Waals surface area (Å²) >= 11 is 1.41. The maximum absolute atomic E-state index is 13.5. The van der Waals surface area contributed by atoms with Crippen LogP contribution in [0.4, 0.5) is 13.9 Å². The highest BCUT2D eigenvalue weighted by Gasteiger charge is 2.41. The zero-order valence-electron chi connectivity index (χ0n) is 17.7. The monoisotopic (exact) mass is 492 g/mol. The van der Waals surface area contributed by atoms with Crippen LogP contribution < -0.4 is 4.90 Å². The number of thiazole rings is 1. The van der Waals surface area contributed by atoms with E-state index in [0.29, 0.717) is 39.0 Å². The van der Waals surface area contributed by atoms with Gasteiger partial charge in [-0.25, -0.2) is 22.2 Å². The first kappa shape index (κ1) is 22.2. The summed E-state index contributed by atoms with van der Waals surface area (Å²) in [4.78, 5) is 21.6. The van der Waals surface area contributed by atoms with Gasteiger partial charge in [0.2, 0.25) is 15.9 Å². The van der Waals surface area contributed by atoms with Gasteiger partial charge < -0.3 is 9.80 Å². The molecular weight excluding hydrogens is 470 g/mol. The van der Waals surface area contributed by atoms with Crippen molar-refractivity contribution >= 4 is 42.6 Å². The van der Waals surface area contributed by atoms with Crippen molar-refractivity contribution in [2.45, 2.75) is 23.8 Å². The molecule has 2 aliphatic rings. The molecule has 0 bridgehead atoms. The molecular formula is C22H22F2N4O3S2. The quantitative estimate of drug-likeness (QED) is 0.560. The van der Waals surface area contributed by atoms with E-state index < -0.39 is 21.9 Å². The normalized spacial score (nSPS) is 20.0. The van der Waals surface area contributed by atoms with Gasteiger partial charge in [-0.15, -0.1) is 0 Å². The van der Waals surface area contributed by atoms with Gasteiger partial charge in [0.1, 0.15) is 17.7 Å². The molecule has 174 valence electrons. The maximum Gasteiger partial charge on any atom is 0.243 e. The molecule has 7 nitrogen and oxygen atoms in total. The topological polar surface area (TPSA) is 73.8 Å². The van der Waals surface area contributed by atoms with Crippen LogP contribution in [0.15, 0.2) is 47.4 Å². The summed E-state index contributed by atoms with van der Waals surface area (Å²) in [6.07, 6.45) is 1.06. The Balaban J connectivity index is 1.27. The lowest BCUT2D eigenvalue weighted by Gasteiger charge is -2.37. The van der Waals surface area contributed by atoms with Gasteiger partial charge in [0.15, 0.2) is 5.13 Å². The molecule has 11 heteroatoms. The van der Waals surface area contributed by atoms with Gasteiger partial charge in [-0.2, -0.15) is 4.31 Å². The molecule has 0 saturated carbocycles. The molecule has 1 atom stereocenters. The predicted molar refractivity (Wildman–Crippen MR) is 122 cm³/mol. The molecule has 3 heterocycles. The third-order valence-electron chi connectivity index (χ3n) is 6.11. The largest absolute Gasteiger partial charge is 0.345 e. The molecule has 2 saturated heterocycles. The van der Waals surface area contributed by atoms with Crippen LogP contribution in [0, 0.1) is 11.6 Å². The second-order valence-corrected chi connectivity index (χ2v) is 11.0. The number of amides is 1. The average molecular weight is 493 g/mol. The average Bonchev–Trinajstić information content (AvgIpc) is 3.46. The van der Waals surface area contributed by atoms with E-state index >= 15 is 0 Å². The van der Waals surface area contributed by atoms with Crippen molar-refractivity contribution in [1.29, 1.82) is 0 Å². The molecule has 2 aromatic carbocycles. The van der Waals surface area contributed by atoms with Gasteiger partial charge >= 0.3 is 0 Å². The summed E-state index contributed by atoms with van der Waals surface area (Å²) < 4.78 is 54.9. The van der Waals surface area contributed by atoms with E-state index in [1.54, 1.807) is 11.0 Å². The predicted octanol–water partition coefficient (Wildman–Crippen LogP) is 3.08. The number of fused-ring (bicyclic) bond motifs is 1. The molecule has 1 aromatic heterocycles. The Morgan fingerprint density at radius 3 is 2.39 bits per heavy atom. The number of carbonyl (C=O) groups excluding carboxylic acids is 1. The minimum Gasteiger partial charge on any atom is -0.345 e. The SMILES string of the molecule is O=C(C1CCCN1S(=O)(=O)c1ccc(F)cc1)N1CCN(c2nc3ccc(F)cc3s2)CC1. The van der Waals surface area contributed by atoms with Gasteiger partial charge in [-0.3, -0.25) is 4.79 Å². The van der Waals surface area contributed by atoms with Crippen molar-refractivity contribution in [1.82, 2.24) is 14.2 Å². The van der Waals surface area contributed by atoms with Crippen LogP contribution in [0.3, 0.4) is 0 Å². The number of aromatic nitrogens is 1. The highest BCUT2D eigenvalue weighted by atomic mass is 32.2. The number of nitrogens with zero attached hydrogens (tertiary/aromatic N) is 4. The highest BCUT2D eigenvalue weighted by Crippen LogP contribution is 2.31. The Morgan fingerprint density at radius 2 is 1.67 bits per heavy atom. The van der Waals surface area contributed by atoms with Crippen LogP contribution in [0.25, 0.3) is 10.2 Å². The van der Waals surface area contributed by atoms with E-state index in [4.69, 9.17) is 0 Å². The van der Waals surface area contributed by atoms with Gasteiger partial charge in [0, 0.05) is 32.7 Å². The summed E-state index contributed by atoms with van der Waals surface area (Å²) in [5.41, 5.74) is 0.738. The van der Waals surface area contributed by atoms with Crippen LogP contribution in [0.1, 0.15) is 12.8 Å². The van der Waals surface area contributed by atoms with Gasteiger partial charge in [0.05, 0.1) is 15.1 Å². The third-order valence-corrected chi connectivity index (χ3v) is 9.11. The first-order valence-electron chi connectivity index (χ1n) is 10.7. The van der Waals surface area contributed by atoms with Crippen molar-refractivity contribution in [3.05, 3.63) is 54.1 Å². The Kier molecular flexibility index (Phi) is 5.79. The third kappa shape index (κ3) is 4.20. The standard InChI is InChI=1S/C22H22F2N4O3S2/c23-15-3-6-17(7-4-15)33(30,31)28-9-1-2-19(28)21(29)26-10-12-27(13-11-26)22-25-18-8-5-16(24)14-20(18)32-22/h3-8,14,19H,1-2,9-13H2. The second-order valence-electron chi connectivity index (χ2n) is 8.15. The van der Waals surface area contributed by atoms with Crippen LogP contribution in [0.2, 0.25) is 0 Å². The van der Waals surface area contributed by atoms with Crippen molar-refractivity contribution in [3.63, 3.8) is 0 Å². The number of rotatable bonds is 4. The van der Waals surface area contributed by atoms with E-state index in [2.05, 4.69) is 9.88 Å². The van der Waals surface area contributed by atoms with Gasteiger partial charge in [-0.05, 0) is 55.3 Å². The lowest BCUT2D eigenvalue weighted by molar-refractivity contribution is -0.134. The fourth-order valence-corrected chi connectivity index (χ4v) is 7.06. The second kappa shape index (κ2) is 8.62. The first-order valence-corrected chi connectivity index (χ1v) is 13.0. The Morgan fingerprint density at radius 1 is 0.970 bits per heavy atom. The van der Waals surface area contributed by atoms with E-state index in [0.717, 1.165) is 27.5 Å². The zero-order valence-corrected chi connectivity index (χ0v) is 19.3. The fourth-order valence-electron chi connectivity index (χ4n) is 4.37. The first-order chi connectivity index (χ1) is 15.8. The Hall–Kier alpha value is -2.63. The number of carbonyl (C=O) groups is 1. The van der Waals surface area contributed by atoms with Crippen molar-refractivity contribution < 1.29 is 22.0 Å². The molecule has 0 spiro atoms. The summed E-state index contributed by atoms with van der Waals surface area (Å²) in [6.45, 7) is 2.28. The molecule has 1 amide bonds. The van der Waals surface area contributed by atoms with Crippen LogP contribution in [-0.2, 0) is 14.8 Å². The van der Waals surface area contributed by atoms with E-state index in [1.165, 1.54) is 39.9 Å². The smallest absolute Gasteiger partial charge is 0.243 e. The lowest BCUT2D eigenvalue weighted by Crippen LogP contribution is -2.54. The number of piperazine rings is 1. The lowest BCUT2D eigenvalue weighted by atomic mass is 10.2. The Labute approximate surface area is 194 Å². The molecule has 2 aliphatic heterocycles. The minimum atomic E-state index is -3.89. The summed E-state index contributed by atoms with van der Waals surface area (Å²) in [5, 5.41) is 0.782. The summed E-state index contributed by atoms with van der Waals surface area (Å²) in [7, 11) is -3.89. The summed E-state index contributed by atoms with van der Waals surface area (Å²) in [6, 6.07) is 8.42. The molecule has 3 aromatic rings. The fraction of sp³-hybridized carbons (Fsp3) is 0.364. The molecule has 33 heavy (non-hydrogen) atoms. The number of benzene rings is 2. The number of hydrogen-bond acceptors (Lipinski definition) is 6. The molecule has 5 rings (SSSR count). The molecule has 0 radical (unpaired) electrons. The van der Waals surface area contributed by atoms with Gasteiger partial charge in [0.25, 0.3) is 0 Å². The molecule has 1 unspecified atom stereocenters. The van der Waals surface area contributed by atoms with Gasteiger partial charge in [-0.1, -0.05) is 11.3 Å². The van der Waals surface area contributed by atoms with Crippen LogP contribution in [0.5, 0.6) is 0 Å². The van der Waals surface area contributed by atoms with E-state index in [9.17, 15) is 22.0 Å². The number of halogens is 2. The van der Waals surface area contributed by atoms with Crippen molar-refractivity contribution in [3.8, 4) is 0 Å².